The predicted octanol–water partition coefficient (Wildman–Crippen LogP) is 5.59. The molecule has 0 fully saturated rings. The van der Waals surface area contributed by atoms with Crippen molar-refractivity contribution in [1.29, 1.82) is 0 Å². The van der Waals surface area contributed by atoms with E-state index in [2.05, 4.69) is 93.8 Å². The van der Waals surface area contributed by atoms with Crippen molar-refractivity contribution in [2.24, 2.45) is 0 Å². The van der Waals surface area contributed by atoms with Gasteiger partial charge in [-0.25, -0.2) is 4.98 Å². The average molecular weight is 521 g/mol. The smallest absolute Gasteiger partial charge is 0.239 e. The maximum absolute atomic E-state index is 10.9. The van der Waals surface area contributed by atoms with E-state index >= 15 is 0 Å². The van der Waals surface area contributed by atoms with Gasteiger partial charge >= 0.3 is 0 Å². The number of aliphatic hydroxyl groups excluding tert-OH is 1. The molecule has 0 spiro atoms. The highest BCUT2D eigenvalue weighted by molar-refractivity contribution is 5.50. The summed E-state index contributed by atoms with van der Waals surface area (Å²) in [5.74, 6) is 0.633. The Balaban J connectivity index is 1.45. The summed E-state index contributed by atoms with van der Waals surface area (Å²) in [5.41, 5.74) is 4.35. The number of imidazole rings is 1. The van der Waals surface area contributed by atoms with Crippen LogP contribution in [0.2, 0.25) is 0 Å². The molecule has 198 valence electrons. The van der Waals surface area contributed by atoms with Crippen LogP contribution in [0.3, 0.4) is 0 Å². The summed E-state index contributed by atoms with van der Waals surface area (Å²) >= 11 is 0. The number of ether oxygens (including phenoxy) is 2. The van der Waals surface area contributed by atoms with Crippen molar-refractivity contribution in [3.05, 3.63) is 138 Å². The summed E-state index contributed by atoms with van der Waals surface area (Å²) < 4.78 is 12.7. The summed E-state index contributed by atoms with van der Waals surface area (Å²) in [5, 5.41) is 18.8. The second-order valence-corrected chi connectivity index (χ2v) is 9.34. The second kappa shape index (κ2) is 11.9. The molecule has 7 nitrogen and oxygen atoms in total. The molecule has 3 aromatic carbocycles. The molecule has 0 saturated heterocycles. The van der Waals surface area contributed by atoms with Crippen LogP contribution in [0.5, 0.6) is 11.8 Å². The predicted molar refractivity (Wildman–Crippen MR) is 150 cm³/mol. The number of aliphatic hydroxyl groups is 1. The van der Waals surface area contributed by atoms with E-state index in [0.717, 1.165) is 28.8 Å². The van der Waals surface area contributed by atoms with Crippen molar-refractivity contribution in [3.63, 3.8) is 0 Å². The number of benzene rings is 3. The van der Waals surface area contributed by atoms with Gasteiger partial charge in [0.1, 0.15) is 5.54 Å². The molecule has 5 aromatic rings. The fourth-order valence-corrected chi connectivity index (χ4v) is 5.17. The van der Waals surface area contributed by atoms with Gasteiger partial charge in [0, 0.05) is 17.8 Å². The second-order valence-electron chi connectivity index (χ2n) is 9.34. The molecule has 1 N–H and O–H groups in total. The zero-order chi connectivity index (χ0) is 27.1. The summed E-state index contributed by atoms with van der Waals surface area (Å²) in [6.07, 6.45) is 5.22. The van der Waals surface area contributed by atoms with Crippen molar-refractivity contribution in [3.8, 4) is 11.8 Å². The molecule has 1 atom stereocenters. The zero-order valence-electron chi connectivity index (χ0n) is 22.1. The zero-order valence-corrected chi connectivity index (χ0v) is 22.1. The molecule has 5 rings (SSSR count). The maximum Gasteiger partial charge on any atom is 0.239 e. The number of aromatic nitrogens is 4. The van der Waals surface area contributed by atoms with E-state index in [0.29, 0.717) is 30.2 Å². The van der Waals surface area contributed by atoms with Gasteiger partial charge in [0.2, 0.25) is 11.8 Å². The number of hydrogen-bond donors (Lipinski definition) is 1. The third-order valence-electron chi connectivity index (χ3n) is 7.04. The third-order valence-corrected chi connectivity index (χ3v) is 7.04. The first-order chi connectivity index (χ1) is 19.2. The lowest BCUT2D eigenvalue weighted by molar-refractivity contribution is 0.158. The van der Waals surface area contributed by atoms with E-state index in [1.807, 2.05) is 24.5 Å². The van der Waals surface area contributed by atoms with Crippen LogP contribution in [0, 0.1) is 0 Å². The van der Waals surface area contributed by atoms with E-state index < -0.39 is 11.6 Å². The van der Waals surface area contributed by atoms with Crippen molar-refractivity contribution in [1.82, 2.24) is 19.7 Å². The minimum absolute atomic E-state index is 0.297. The largest absolute Gasteiger partial charge is 0.480 e. The average Bonchev–Trinajstić information content (AvgIpc) is 3.47. The minimum Gasteiger partial charge on any atom is -0.480 e. The molecule has 0 bridgehead atoms. The van der Waals surface area contributed by atoms with Crippen LogP contribution in [0.1, 0.15) is 46.9 Å². The van der Waals surface area contributed by atoms with E-state index in [1.165, 1.54) is 14.2 Å². The molecule has 0 aliphatic heterocycles. The number of rotatable bonds is 11. The Morgan fingerprint density at radius 3 is 1.87 bits per heavy atom. The molecule has 39 heavy (non-hydrogen) atoms. The van der Waals surface area contributed by atoms with Crippen LogP contribution in [-0.2, 0) is 12.0 Å². The highest BCUT2D eigenvalue weighted by Crippen LogP contribution is 2.41. The van der Waals surface area contributed by atoms with Gasteiger partial charge in [-0.2, -0.15) is 0 Å². The van der Waals surface area contributed by atoms with Gasteiger partial charge in [-0.3, -0.25) is 0 Å². The summed E-state index contributed by atoms with van der Waals surface area (Å²) in [7, 11) is 3.03. The van der Waals surface area contributed by atoms with Gasteiger partial charge in [-0.15, -0.1) is 10.2 Å². The highest BCUT2D eigenvalue weighted by atomic mass is 16.5. The molecule has 7 heteroatoms. The van der Waals surface area contributed by atoms with Gasteiger partial charge in [-0.1, -0.05) is 91.0 Å². The number of hydrogen-bond acceptors (Lipinski definition) is 6. The molecule has 2 aromatic heterocycles. The molecule has 0 aliphatic rings. The van der Waals surface area contributed by atoms with Crippen LogP contribution >= 0.6 is 0 Å². The van der Waals surface area contributed by atoms with E-state index in [-0.39, 0.29) is 0 Å². The Labute approximate surface area is 228 Å². The highest BCUT2D eigenvalue weighted by Gasteiger charge is 2.38. The Morgan fingerprint density at radius 1 is 0.795 bits per heavy atom. The SMILES string of the molecule is COc1cc(C(O)CCCc2cn(C(c3ccccc3)(c3ccccc3)c3ccccc3)cn2)c(OC)nn1. The summed E-state index contributed by atoms with van der Waals surface area (Å²) in [6, 6.07) is 33.2. The fraction of sp³-hybridized carbons (Fsp3) is 0.219. The van der Waals surface area contributed by atoms with Crippen molar-refractivity contribution in [2.45, 2.75) is 30.9 Å². The van der Waals surface area contributed by atoms with Crippen molar-refractivity contribution < 1.29 is 14.6 Å². The number of aryl methyl sites for hydroxylation is 1. The van der Waals surface area contributed by atoms with Gasteiger partial charge in [0.05, 0.1) is 32.3 Å². The van der Waals surface area contributed by atoms with Crippen LogP contribution < -0.4 is 9.47 Å². The Morgan fingerprint density at radius 2 is 1.36 bits per heavy atom. The topological polar surface area (TPSA) is 82.3 Å². The van der Waals surface area contributed by atoms with Gasteiger partial charge in [-0.05, 0) is 36.0 Å². The normalized spacial score (nSPS) is 12.2. The molecule has 0 amide bonds. The Hall–Kier alpha value is -4.49. The lowest BCUT2D eigenvalue weighted by atomic mass is 9.77. The molecular weight excluding hydrogens is 488 g/mol. The number of nitrogens with zero attached hydrogens (tertiary/aromatic N) is 4. The molecular formula is C32H32N4O3. The maximum atomic E-state index is 10.9. The summed E-state index contributed by atoms with van der Waals surface area (Å²) in [6.45, 7) is 0. The first-order valence-electron chi connectivity index (χ1n) is 13.0. The van der Waals surface area contributed by atoms with Crippen LogP contribution in [0.25, 0.3) is 0 Å². The molecule has 0 radical (unpaired) electrons. The Kier molecular flexibility index (Phi) is 7.99. The first kappa shape index (κ1) is 26.1. The quantitative estimate of drug-likeness (QED) is 0.229. The first-order valence-corrected chi connectivity index (χ1v) is 13.0. The van der Waals surface area contributed by atoms with E-state index in [9.17, 15) is 5.11 Å². The van der Waals surface area contributed by atoms with Crippen LogP contribution in [0.15, 0.2) is 110 Å². The third kappa shape index (κ3) is 5.26. The van der Waals surface area contributed by atoms with Crippen LogP contribution in [-0.4, -0.2) is 39.1 Å². The van der Waals surface area contributed by atoms with Gasteiger partial charge in [0.25, 0.3) is 0 Å². The number of methoxy groups -OCH3 is 2. The lowest BCUT2D eigenvalue weighted by Gasteiger charge is -2.37. The van der Waals surface area contributed by atoms with Crippen LogP contribution in [0.4, 0.5) is 0 Å². The van der Waals surface area contributed by atoms with Gasteiger partial charge in [0.15, 0.2) is 0 Å². The molecule has 0 saturated carbocycles. The molecule has 2 heterocycles. The summed E-state index contributed by atoms with van der Waals surface area (Å²) in [4.78, 5) is 4.80. The Bertz CT molecular complexity index is 1380. The molecule has 0 aliphatic carbocycles. The van der Waals surface area contributed by atoms with Gasteiger partial charge < -0.3 is 19.1 Å². The minimum atomic E-state index is -0.761. The monoisotopic (exact) mass is 520 g/mol. The molecule has 1 unspecified atom stereocenters. The van der Waals surface area contributed by atoms with Crippen molar-refractivity contribution >= 4 is 0 Å². The van der Waals surface area contributed by atoms with E-state index in [4.69, 9.17) is 14.5 Å². The fourth-order valence-electron chi connectivity index (χ4n) is 5.17. The van der Waals surface area contributed by atoms with Crippen molar-refractivity contribution in [2.75, 3.05) is 14.2 Å². The lowest BCUT2D eigenvalue weighted by Crippen LogP contribution is -2.36. The van der Waals surface area contributed by atoms with E-state index in [1.54, 1.807) is 6.07 Å². The standard InChI is InChI=1S/C32H32N4O3/c1-38-30-21-28(31(39-2)35-34-30)29(37)20-12-19-27-22-36(23-33-27)32(24-13-6-3-7-14-24,25-15-8-4-9-16-25)26-17-10-5-11-18-26/h3-11,13-18,21-23,29,37H,12,19-20H2,1-2H3.